The van der Waals surface area contributed by atoms with E-state index in [1.807, 2.05) is 23.1 Å². The van der Waals surface area contributed by atoms with E-state index in [0.29, 0.717) is 31.0 Å². The van der Waals surface area contributed by atoms with Gasteiger partial charge in [-0.15, -0.1) is 0 Å². The van der Waals surface area contributed by atoms with Gasteiger partial charge in [-0.05, 0) is 24.1 Å². The first kappa shape index (κ1) is 17.5. The first-order chi connectivity index (χ1) is 11.0. The van der Waals surface area contributed by atoms with Crippen molar-refractivity contribution >= 4 is 5.91 Å². The van der Waals surface area contributed by atoms with Crippen molar-refractivity contribution in [3.05, 3.63) is 23.8 Å². The molecule has 1 saturated heterocycles. The second-order valence-electron chi connectivity index (χ2n) is 5.72. The van der Waals surface area contributed by atoms with E-state index in [1.165, 1.54) is 0 Å². The van der Waals surface area contributed by atoms with Crippen LogP contribution in [0.5, 0.6) is 11.5 Å². The van der Waals surface area contributed by atoms with Gasteiger partial charge >= 0.3 is 0 Å². The zero-order valence-electron chi connectivity index (χ0n) is 13.6. The Kier molecular flexibility index (Phi) is 6.20. The number of nitrogens with two attached hydrogens (primary N) is 1. The predicted molar refractivity (Wildman–Crippen MR) is 86.4 cm³/mol. The lowest BCUT2D eigenvalue weighted by Crippen LogP contribution is -2.52. The van der Waals surface area contributed by atoms with Crippen LogP contribution in [-0.2, 0) is 11.3 Å². The number of carbonyl (C=O) groups is 1. The van der Waals surface area contributed by atoms with Crippen LogP contribution in [0.25, 0.3) is 0 Å². The quantitative estimate of drug-likeness (QED) is 0.666. The maximum absolute atomic E-state index is 12.0. The molecule has 1 aliphatic heterocycles. The Balaban J connectivity index is 1.82. The molecule has 1 amide bonds. The molecule has 1 fully saturated rings. The van der Waals surface area contributed by atoms with Gasteiger partial charge in [0.05, 0.1) is 26.9 Å². The van der Waals surface area contributed by atoms with Crippen LogP contribution in [0.15, 0.2) is 18.2 Å². The summed E-state index contributed by atoms with van der Waals surface area (Å²) in [7, 11) is 3.16. The lowest BCUT2D eigenvalue weighted by atomic mass is 10.0. The van der Waals surface area contributed by atoms with Crippen LogP contribution in [0.2, 0.25) is 0 Å². The summed E-state index contributed by atoms with van der Waals surface area (Å²) in [6.07, 6.45) is 0.131. The van der Waals surface area contributed by atoms with Gasteiger partial charge in [0, 0.05) is 25.7 Å². The minimum absolute atomic E-state index is 0.0811. The van der Waals surface area contributed by atoms with E-state index in [1.54, 1.807) is 14.2 Å². The van der Waals surface area contributed by atoms with Crippen molar-refractivity contribution in [2.75, 3.05) is 33.9 Å². The minimum Gasteiger partial charge on any atom is -0.493 e. The second-order valence-corrected chi connectivity index (χ2v) is 5.72. The Morgan fingerprint density at radius 3 is 2.78 bits per heavy atom. The number of hydrogen-bond acceptors (Lipinski definition) is 6. The average molecular weight is 323 g/mol. The zero-order valence-corrected chi connectivity index (χ0v) is 13.6. The third-order valence-electron chi connectivity index (χ3n) is 4.02. The summed E-state index contributed by atoms with van der Waals surface area (Å²) in [5.74, 6) is 1.20. The highest BCUT2D eigenvalue weighted by atomic mass is 16.5. The Bertz CT molecular complexity index is 538. The Labute approximate surface area is 136 Å². The molecule has 7 nitrogen and oxygen atoms in total. The van der Waals surface area contributed by atoms with Crippen molar-refractivity contribution in [2.45, 2.75) is 25.1 Å². The second kappa shape index (κ2) is 8.14. The number of β-amino-alcohol motifs (C(OH)–C–C–N with tert-alkyl or cyclic N) is 1. The van der Waals surface area contributed by atoms with Gasteiger partial charge < -0.3 is 25.6 Å². The largest absolute Gasteiger partial charge is 0.493 e. The molecule has 0 bridgehead atoms. The van der Waals surface area contributed by atoms with E-state index in [0.717, 1.165) is 12.1 Å². The van der Waals surface area contributed by atoms with E-state index in [-0.39, 0.29) is 18.5 Å². The third kappa shape index (κ3) is 4.82. The fraction of sp³-hybridized carbons (Fsp3) is 0.562. The van der Waals surface area contributed by atoms with Crippen LogP contribution < -0.4 is 20.5 Å². The van der Waals surface area contributed by atoms with E-state index < -0.39 is 6.10 Å². The molecular formula is C16H25N3O4. The number of piperidine rings is 1. The number of carbonyl (C=O) groups excluding carboxylic acids is 1. The molecule has 7 heteroatoms. The van der Waals surface area contributed by atoms with Crippen molar-refractivity contribution in [3.8, 4) is 11.5 Å². The molecule has 0 saturated carbocycles. The normalized spacial score (nSPS) is 21.7. The van der Waals surface area contributed by atoms with E-state index >= 15 is 0 Å². The molecule has 23 heavy (non-hydrogen) atoms. The molecule has 1 aliphatic rings. The van der Waals surface area contributed by atoms with Crippen molar-refractivity contribution in [1.82, 2.24) is 10.2 Å². The molecule has 0 aromatic heterocycles. The number of likely N-dealkylation sites (tertiary alicyclic amines) is 1. The summed E-state index contributed by atoms with van der Waals surface area (Å²) in [4.78, 5) is 13.9. The first-order valence-electron chi connectivity index (χ1n) is 7.67. The van der Waals surface area contributed by atoms with Gasteiger partial charge in [-0.25, -0.2) is 0 Å². The number of aliphatic hydroxyl groups excluding tert-OH is 1. The van der Waals surface area contributed by atoms with Gasteiger partial charge in [-0.1, -0.05) is 6.07 Å². The summed E-state index contributed by atoms with van der Waals surface area (Å²) in [6, 6.07) is 5.33. The average Bonchev–Trinajstić information content (AvgIpc) is 2.56. The maximum Gasteiger partial charge on any atom is 0.234 e. The van der Waals surface area contributed by atoms with Gasteiger partial charge in [0.15, 0.2) is 11.5 Å². The molecule has 128 valence electrons. The van der Waals surface area contributed by atoms with Crippen molar-refractivity contribution in [2.24, 2.45) is 5.73 Å². The van der Waals surface area contributed by atoms with Crippen LogP contribution in [0.1, 0.15) is 12.0 Å². The highest BCUT2D eigenvalue weighted by molar-refractivity contribution is 5.78. The highest BCUT2D eigenvalue weighted by Crippen LogP contribution is 2.27. The SMILES string of the molecule is COc1ccc(CNC(=O)CN2CCC(N)C(O)C2)cc1OC. The zero-order chi connectivity index (χ0) is 16.8. The number of benzene rings is 1. The fourth-order valence-electron chi connectivity index (χ4n) is 2.61. The standard InChI is InChI=1S/C16H25N3O4/c1-22-14-4-3-11(7-15(14)23-2)8-18-16(21)10-19-6-5-12(17)13(20)9-19/h3-4,7,12-13,20H,5-6,8-10,17H2,1-2H3,(H,18,21). The van der Waals surface area contributed by atoms with E-state index in [9.17, 15) is 9.90 Å². The summed E-state index contributed by atoms with van der Waals surface area (Å²) in [5, 5.41) is 12.6. The number of rotatable bonds is 6. The number of hydrogen-bond donors (Lipinski definition) is 3. The van der Waals surface area contributed by atoms with Crippen LogP contribution in [0.4, 0.5) is 0 Å². The predicted octanol–water partition coefficient (Wildman–Crippen LogP) is -0.286. The number of ether oxygens (including phenoxy) is 2. The Hall–Kier alpha value is -1.83. The van der Waals surface area contributed by atoms with Crippen molar-refractivity contribution in [1.29, 1.82) is 0 Å². The summed E-state index contributed by atoms with van der Waals surface area (Å²) in [5.41, 5.74) is 6.69. The number of aliphatic hydroxyl groups is 1. The molecular weight excluding hydrogens is 298 g/mol. The van der Waals surface area contributed by atoms with Gasteiger partial charge in [0.1, 0.15) is 0 Å². The molecule has 4 N–H and O–H groups in total. The molecule has 2 rings (SSSR count). The lowest BCUT2D eigenvalue weighted by Gasteiger charge is -2.33. The summed E-state index contributed by atoms with van der Waals surface area (Å²) >= 11 is 0. The van der Waals surface area contributed by atoms with Crippen molar-refractivity contribution < 1.29 is 19.4 Å². The van der Waals surface area contributed by atoms with Gasteiger partial charge in [-0.3, -0.25) is 9.69 Å². The van der Waals surface area contributed by atoms with Crippen LogP contribution >= 0.6 is 0 Å². The third-order valence-corrected chi connectivity index (χ3v) is 4.02. The highest BCUT2D eigenvalue weighted by Gasteiger charge is 2.25. The summed E-state index contributed by atoms with van der Waals surface area (Å²) < 4.78 is 10.4. The van der Waals surface area contributed by atoms with Crippen molar-refractivity contribution in [3.63, 3.8) is 0 Å². The van der Waals surface area contributed by atoms with Gasteiger partial charge in [0.25, 0.3) is 0 Å². The number of amides is 1. The molecule has 2 unspecified atom stereocenters. The fourth-order valence-corrected chi connectivity index (χ4v) is 2.61. The lowest BCUT2D eigenvalue weighted by molar-refractivity contribution is -0.123. The molecule has 2 atom stereocenters. The summed E-state index contributed by atoms with van der Waals surface area (Å²) in [6.45, 7) is 1.83. The van der Waals surface area contributed by atoms with Gasteiger partial charge in [0.2, 0.25) is 5.91 Å². The van der Waals surface area contributed by atoms with Crippen LogP contribution in [0, 0.1) is 0 Å². The smallest absolute Gasteiger partial charge is 0.234 e. The molecule has 1 aromatic carbocycles. The molecule has 1 heterocycles. The van der Waals surface area contributed by atoms with E-state index in [2.05, 4.69) is 5.32 Å². The Morgan fingerprint density at radius 1 is 1.39 bits per heavy atom. The monoisotopic (exact) mass is 323 g/mol. The number of methoxy groups -OCH3 is 2. The van der Waals surface area contributed by atoms with Crippen LogP contribution in [0.3, 0.4) is 0 Å². The maximum atomic E-state index is 12.0. The molecule has 0 radical (unpaired) electrons. The number of nitrogens with one attached hydrogen (secondary N) is 1. The van der Waals surface area contributed by atoms with E-state index in [4.69, 9.17) is 15.2 Å². The topological polar surface area (TPSA) is 97.1 Å². The molecule has 0 spiro atoms. The minimum atomic E-state index is -0.567. The number of nitrogens with zero attached hydrogens (tertiary/aromatic N) is 1. The van der Waals surface area contributed by atoms with Gasteiger partial charge in [-0.2, -0.15) is 0 Å². The molecule has 0 aliphatic carbocycles. The Morgan fingerprint density at radius 2 is 2.13 bits per heavy atom. The first-order valence-corrected chi connectivity index (χ1v) is 7.67. The van der Waals surface area contributed by atoms with Crippen LogP contribution in [-0.4, -0.2) is 61.9 Å². The molecule has 1 aromatic rings.